The van der Waals surface area contributed by atoms with Crippen LogP contribution in [0.15, 0.2) is 42.5 Å². The van der Waals surface area contributed by atoms with E-state index in [2.05, 4.69) is 65.6 Å². The first-order chi connectivity index (χ1) is 13.1. The van der Waals surface area contributed by atoms with Gasteiger partial charge in [0.05, 0.1) is 17.4 Å². The molecule has 2 aliphatic rings. The van der Waals surface area contributed by atoms with Crippen LogP contribution in [-0.2, 0) is 6.42 Å². The number of para-hydroxylation sites is 3. The second-order valence-electron chi connectivity index (χ2n) is 7.63. The summed E-state index contributed by atoms with van der Waals surface area (Å²) < 4.78 is 0. The van der Waals surface area contributed by atoms with Gasteiger partial charge in [0.2, 0.25) is 0 Å². The van der Waals surface area contributed by atoms with E-state index >= 15 is 0 Å². The Morgan fingerprint density at radius 3 is 2.61 bits per heavy atom. The number of carbonyl (C=O) groups is 1. The molecule has 2 amide bonds. The number of hydrogen-bond acceptors (Lipinski definition) is 3. The van der Waals surface area contributed by atoms with Gasteiger partial charge in [0.25, 0.3) is 0 Å². The van der Waals surface area contributed by atoms with Gasteiger partial charge in [-0.2, -0.15) is 0 Å². The topological polar surface area (TPSA) is 38.8 Å². The van der Waals surface area contributed by atoms with Crippen molar-refractivity contribution in [3.8, 4) is 0 Å². The van der Waals surface area contributed by atoms with Crippen LogP contribution in [0.4, 0.5) is 21.9 Å². The number of benzene rings is 2. The molecule has 1 N–H and O–H groups in total. The first kappa shape index (κ1) is 20.5. The van der Waals surface area contributed by atoms with E-state index in [4.69, 9.17) is 0 Å². The summed E-state index contributed by atoms with van der Waals surface area (Å²) in [6.07, 6.45) is 3.03. The Morgan fingerprint density at radius 1 is 1.14 bits per heavy atom. The second-order valence-corrected chi connectivity index (χ2v) is 7.63. The zero-order chi connectivity index (χ0) is 19.0. The van der Waals surface area contributed by atoms with Gasteiger partial charge in [0.15, 0.2) is 0 Å². The van der Waals surface area contributed by atoms with E-state index in [1.54, 1.807) is 7.05 Å². The highest BCUT2D eigenvalue weighted by Gasteiger charge is 2.37. The summed E-state index contributed by atoms with van der Waals surface area (Å²) in [5.74, 6) is 0. The lowest BCUT2D eigenvalue weighted by molar-refractivity contribution is 0.245. The Bertz CT molecular complexity index is 854. The average Bonchev–Trinajstić information content (AvgIpc) is 3.06. The van der Waals surface area contributed by atoms with Crippen LogP contribution in [-0.4, -0.2) is 45.2 Å². The third-order valence-electron chi connectivity index (χ3n) is 5.64. The molecule has 5 nitrogen and oxygen atoms in total. The molecule has 2 aromatic carbocycles. The van der Waals surface area contributed by atoms with E-state index in [1.165, 1.54) is 16.8 Å². The third kappa shape index (κ3) is 3.45. The Labute approximate surface area is 173 Å². The number of nitrogens with zero attached hydrogens (tertiary/aromatic N) is 3. The number of nitrogens with one attached hydrogen (secondary N) is 1. The van der Waals surface area contributed by atoms with Crippen LogP contribution in [0.5, 0.6) is 0 Å². The Hall–Kier alpha value is -2.24. The second kappa shape index (κ2) is 8.41. The summed E-state index contributed by atoms with van der Waals surface area (Å²) in [5, 5.41) is 2.87. The van der Waals surface area contributed by atoms with Crippen LogP contribution in [0.1, 0.15) is 30.0 Å². The van der Waals surface area contributed by atoms with Gasteiger partial charge in [0.1, 0.15) is 0 Å². The summed E-state index contributed by atoms with van der Waals surface area (Å²) in [6, 6.07) is 14.9. The summed E-state index contributed by atoms with van der Waals surface area (Å²) in [4.78, 5) is 19.6. The van der Waals surface area contributed by atoms with Gasteiger partial charge in [-0.3, -0.25) is 4.90 Å². The largest absolute Gasteiger partial charge is 0.341 e. The number of hydrogen-bond donors (Lipinski definition) is 1. The zero-order valence-electron chi connectivity index (χ0n) is 16.8. The van der Waals surface area contributed by atoms with Crippen molar-refractivity contribution in [2.45, 2.75) is 25.3 Å². The molecule has 0 spiro atoms. The molecule has 0 saturated carbocycles. The van der Waals surface area contributed by atoms with Crippen LogP contribution in [0, 0.1) is 0 Å². The van der Waals surface area contributed by atoms with Crippen LogP contribution in [0.2, 0.25) is 0 Å². The SMILES string of the molecule is CNC(=O)N1c2ccccc2N2CCc3cccc(c32)C1CCCN(C)C.Cl. The van der Waals surface area contributed by atoms with E-state index in [1.807, 2.05) is 11.0 Å². The van der Waals surface area contributed by atoms with Gasteiger partial charge in [-0.05, 0) is 63.2 Å². The quantitative estimate of drug-likeness (QED) is 0.829. The molecule has 28 heavy (non-hydrogen) atoms. The minimum Gasteiger partial charge on any atom is -0.341 e. The highest BCUT2D eigenvalue weighted by atomic mass is 35.5. The maximum atomic E-state index is 13.0. The van der Waals surface area contributed by atoms with Crippen molar-refractivity contribution < 1.29 is 4.79 Å². The lowest BCUT2D eigenvalue weighted by Crippen LogP contribution is -2.41. The van der Waals surface area contributed by atoms with Gasteiger partial charge < -0.3 is 15.1 Å². The first-order valence-electron chi connectivity index (χ1n) is 9.76. The Balaban J connectivity index is 0.00000225. The summed E-state index contributed by atoms with van der Waals surface area (Å²) in [6.45, 7) is 1.98. The number of anilines is 3. The van der Waals surface area contributed by atoms with Gasteiger partial charge in [-0.15, -0.1) is 12.4 Å². The van der Waals surface area contributed by atoms with Crippen molar-refractivity contribution in [3.05, 3.63) is 53.6 Å². The monoisotopic (exact) mass is 400 g/mol. The van der Waals surface area contributed by atoms with Crippen molar-refractivity contribution in [1.29, 1.82) is 0 Å². The number of rotatable bonds is 4. The number of amides is 2. The van der Waals surface area contributed by atoms with Crippen LogP contribution in [0.3, 0.4) is 0 Å². The summed E-state index contributed by atoms with van der Waals surface area (Å²) >= 11 is 0. The lowest BCUT2D eigenvalue weighted by Gasteiger charge is -2.32. The van der Waals surface area contributed by atoms with E-state index < -0.39 is 0 Å². The van der Waals surface area contributed by atoms with E-state index in [0.29, 0.717) is 0 Å². The van der Waals surface area contributed by atoms with Gasteiger partial charge in [-0.25, -0.2) is 4.79 Å². The normalized spacial score (nSPS) is 16.9. The predicted molar refractivity (Wildman–Crippen MR) is 118 cm³/mol. The predicted octanol–water partition coefficient (Wildman–Crippen LogP) is 4.34. The number of halogens is 1. The molecule has 4 rings (SSSR count). The standard InChI is InChI=1S/C22H28N4O.ClH/c1-23-22(27)26-18(12-7-14-24(2)3)17-9-6-8-16-13-15-25(21(16)17)19-10-4-5-11-20(19)26;/h4-6,8-11,18H,7,12-15H2,1-3H3,(H,23,27);1H. The molecule has 2 heterocycles. The average molecular weight is 401 g/mol. The first-order valence-corrected chi connectivity index (χ1v) is 9.76. The van der Waals surface area contributed by atoms with Crippen molar-refractivity contribution >= 4 is 35.5 Å². The molecule has 1 atom stereocenters. The maximum absolute atomic E-state index is 13.0. The summed E-state index contributed by atoms with van der Waals surface area (Å²) in [5.41, 5.74) is 6.09. The van der Waals surface area contributed by atoms with Crippen LogP contribution >= 0.6 is 12.4 Å². The van der Waals surface area contributed by atoms with Crippen LogP contribution < -0.4 is 15.1 Å². The molecular weight excluding hydrogens is 372 g/mol. The fourth-order valence-electron chi connectivity index (χ4n) is 4.46. The van der Waals surface area contributed by atoms with E-state index in [9.17, 15) is 4.79 Å². The highest BCUT2D eigenvalue weighted by Crippen LogP contribution is 2.50. The molecule has 0 fully saturated rings. The minimum absolute atomic E-state index is 0. The van der Waals surface area contributed by atoms with Gasteiger partial charge >= 0.3 is 6.03 Å². The van der Waals surface area contributed by atoms with Gasteiger partial charge in [-0.1, -0.05) is 30.3 Å². The third-order valence-corrected chi connectivity index (χ3v) is 5.64. The molecule has 2 aromatic rings. The Kier molecular flexibility index (Phi) is 6.16. The zero-order valence-corrected chi connectivity index (χ0v) is 17.6. The molecule has 0 aromatic heterocycles. The molecule has 0 aliphatic carbocycles. The molecule has 0 saturated heterocycles. The molecular formula is C22H29ClN4O. The number of urea groups is 1. The minimum atomic E-state index is -0.0453. The summed E-state index contributed by atoms with van der Waals surface area (Å²) in [7, 11) is 5.91. The fraction of sp³-hybridized carbons (Fsp3) is 0.409. The smallest absolute Gasteiger partial charge is 0.322 e. The van der Waals surface area contributed by atoms with E-state index in [0.717, 1.165) is 43.7 Å². The van der Waals surface area contributed by atoms with Gasteiger partial charge in [0, 0.05) is 19.3 Å². The molecule has 150 valence electrons. The van der Waals surface area contributed by atoms with Crippen LogP contribution in [0.25, 0.3) is 0 Å². The highest BCUT2D eigenvalue weighted by molar-refractivity contribution is 5.99. The molecule has 2 aliphatic heterocycles. The van der Waals surface area contributed by atoms with Crippen molar-refractivity contribution in [3.63, 3.8) is 0 Å². The molecule has 1 unspecified atom stereocenters. The number of fused-ring (bicyclic) bond motifs is 2. The Morgan fingerprint density at radius 2 is 1.89 bits per heavy atom. The van der Waals surface area contributed by atoms with Crippen molar-refractivity contribution in [2.24, 2.45) is 0 Å². The van der Waals surface area contributed by atoms with E-state index in [-0.39, 0.29) is 24.5 Å². The molecule has 0 radical (unpaired) electrons. The molecule has 0 bridgehead atoms. The van der Waals surface area contributed by atoms with Crippen molar-refractivity contribution in [1.82, 2.24) is 10.2 Å². The molecule has 6 heteroatoms. The van der Waals surface area contributed by atoms with Crippen molar-refractivity contribution in [2.75, 3.05) is 44.0 Å². The fourth-order valence-corrected chi connectivity index (χ4v) is 4.46. The maximum Gasteiger partial charge on any atom is 0.322 e. The number of carbonyl (C=O) groups excluding carboxylic acids is 1. The lowest BCUT2D eigenvalue weighted by atomic mass is 9.96.